The van der Waals surface area contributed by atoms with Crippen LogP contribution in [0.25, 0.3) is 6.08 Å². The lowest BCUT2D eigenvalue weighted by Gasteiger charge is -2.10. The minimum Gasteiger partial charge on any atom is -0.493 e. The van der Waals surface area contributed by atoms with Gasteiger partial charge in [-0.05, 0) is 48.4 Å². The van der Waals surface area contributed by atoms with E-state index >= 15 is 0 Å². The molecule has 0 radical (unpaired) electrons. The van der Waals surface area contributed by atoms with Crippen molar-refractivity contribution in [1.82, 2.24) is 0 Å². The van der Waals surface area contributed by atoms with Crippen molar-refractivity contribution in [3.05, 3.63) is 53.2 Å². The molecule has 0 saturated carbocycles. The number of methoxy groups -OCH3 is 3. The number of hydrogen-bond donors (Lipinski definition) is 0. The molecule has 2 aromatic carbocycles. The van der Waals surface area contributed by atoms with Gasteiger partial charge in [0, 0.05) is 5.56 Å². The zero-order valence-electron chi connectivity index (χ0n) is 16.9. The summed E-state index contributed by atoms with van der Waals surface area (Å²) in [6.45, 7) is 2.63. The van der Waals surface area contributed by atoms with E-state index in [1.807, 2.05) is 13.0 Å². The summed E-state index contributed by atoms with van der Waals surface area (Å²) in [5.74, 6) is 2.02. The number of nitrogens with zero attached hydrogens (tertiary/aromatic N) is 1. The fourth-order valence-electron chi connectivity index (χ4n) is 2.76. The number of ether oxygens (including phenoxy) is 5. The molecule has 0 spiro atoms. The van der Waals surface area contributed by atoms with Crippen LogP contribution in [0, 0.1) is 0 Å². The normalized spacial score (nSPS) is 14.4. The van der Waals surface area contributed by atoms with Crippen LogP contribution in [0.15, 0.2) is 47.1 Å². The zero-order valence-corrected chi connectivity index (χ0v) is 16.9. The van der Waals surface area contributed by atoms with Crippen molar-refractivity contribution in [2.45, 2.75) is 13.3 Å². The average Bonchev–Trinajstić information content (AvgIpc) is 3.12. The third kappa shape index (κ3) is 4.51. The Morgan fingerprint density at radius 1 is 0.931 bits per heavy atom. The summed E-state index contributed by atoms with van der Waals surface area (Å²) < 4.78 is 26.9. The minimum absolute atomic E-state index is 0.194. The Kier molecular flexibility index (Phi) is 6.39. The van der Waals surface area contributed by atoms with E-state index in [9.17, 15) is 4.79 Å². The van der Waals surface area contributed by atoms with Gasteiger partial charge in [-0.3, -0.25) is 0 Å². The van der Waals surface area contributed by atoms with Crippen molar-refractivity contribution in [2.75, 3.05) is 27.9 Å². The number of rotatable bonds is 8. The Labute approximate surface area is 169 Å². The van der Waals surface area contributed by atoms with Crippen LogP contribution in [0.5, 0.6) is 23.0 Å². The summed E-state index contributed by atoms with van der Waals surface area (Å²) in [7, 11) is 4.66. The van der Waals surface area contributed by atoms with Crippen LogP contribution in [0.1, 0.15) is 24.5 Å². The Morgan fingerprint density at radius 2 is 1.62 bits per heavy atom. The predicted octanol–water partition coefficient (Wildman–Crippen LogP) is 3.85. The summed E-state index contributed by atoms with van der Waals surface area (Å²) in [6, 6.07) is 10.6. The van der Waals surface area contributed by atoms with E-state index in [0.29, 0.717) is 35.2 Å². The van der Waals surface area contributed by atoms with Crippen LogP contribution < -0.4 is 18.9 Å². The van der Waals surface area contributed by atoms with E-state index in [0.717, 1.165) is 12.0 Å². The van der Waals surface area contributed by atoms with E-state index in [1.165, 1.54) is 7.11 Å². The second kappa shape index (κ2) is 9.14. The first-order chi connectivity index (χ1) is 14.1. The first-order valence-corrected chi connectivity index (χ1v) is 9.15. The van der Waals surface area contributed by atoms with Crippen molar-refractivity contribution in [3.63, 3.8) is 0 Å². The topological polar surface area (TPSA) is 75.6 Å². The maximum Gasteiger partial charge on any atom is 0.363 e. The number of hydrogen-bond acceptors (Lipinski definition) is 7. The molecule has 0 N–H and O–H groups in total. The number of esters is 1. The summed E-state index contributed by atoms with van der Waals surface area (Å²) in [5.41, 5.74) is 1.55. The largest absolute Gasteiger partial charge is 0.493 e. The zero-order chi connectivity index (χ0) is 20.8. The molecule has 7 nitrogen and oxygen atoms in total. The highest BCUT2D eigenvalue weighted by atomic mass is 16.6. The molecule has 0 fully saturated rings. The van der Waals surface area contributed by atoms with Gasteiger partial charge in [0.2, 0.25) is 5.90 Å². The van der Waals surface area contributed by atoms with Crippen molar-refractivity contribution in [2.24, 2.45) is 4.99 Å². The van der Waals surface area contributed by atoms with Crippen molar-refractivity contribution in [3.8, 4) is 23.0 Å². The van der Waals surface area contributed by atoms with E-state index < -0.39 is 5.97 Å². The van der Waals surface area contributed by atoms with Crippen LogP contribution in [0.2, 0.25) is 0 Å². The maximum absolute atomic E-state index is 12.3. The summed E-state index contributed by atoms with van der Waals surface area (Å²) >= 11 is 0. The van der Waals surface area contributed by atoms with Gasteiger partial charge in [-0.15, -0.1) is 0 Å². The number of benzene rings is 2. The second-order valence-corrected chi connectivity index (χ2v) is 6.16. The molecule has 0 aliphatic carbocycles. The third-order valence-electron chi connectivity index (χ3n) is 4.20. The molecule has 0 atom stereocenters. The molecule has 7 heteroatoms. The summed E-state index contributed by atoms with van der Waals surface area (Å²) in [6.07, 6.45) is 2.54. The fourth-order valence-corrected chi connectivity index (χ4v) is 2.76. The average molecular weight is 397 g/mol. The lowest BCUT2D eigenvalue weighted by atomic mass is 10.1. The number of carbonyl (C=O) groups is 1. The van der Waals surface area contributed by atoms with Crippen LogP contribution in [0.3, 0.4) is 0 Å². The SMILES string of the molecule is CCCOc1ccc(/C=C2/N=C(c3ccc(OC)c(OC)c3)OC2=O)cc1OC. The molecule has 0 unspecified atom stereocenters. The molecule has 3 rings (SSSR count). The highest BCUT2D eigenvalue weighted by Crippen LogP contribution is 2.31. The van der Waals surface area contributed by atoms with Crippen LogP contribution >= 0.6 is 0 Å². The van der Waals surface area contributed by atoms with Crippen LogP contribution in [-0.2, 0) is 9.53 Å². The first kappa shape index (κ1) is 20.3. The highest BCUT2D eigenvalue weighted by molar-refractivity contribution is 6.13. The van der Waals surface area contributed by atoms with Crippen molar-refractivity contribution < 1.29 is 28.5 Å². The number of aliphatic imine (C=N–C) groups is 1. The van der Waals surface area contributed by atoms with Gasteiger partial charge in [-0.25, -0.2) is 9.79 Å². The standard InChI is InChI=1S/C22H23NO6/c1-5-10-28-18-8-6-14(12-19(18)26-3)11-16-22(24)29-21(23-16)15-7-9-17(25-2)20(13-15)27-4/h6-9,11-13H,5,10H2,1-4H3/b16-11+. The highest BCUT2D eigenvalue weighted by Gasteiger charge is 2.25. The molecule has 1 aliphatic heterocycles. The molecule has 0 saturated heterocycles. The van der Waals surface area contributed by atoms with Gasteiger partial charge >= 0.3 is 5.97 Å². The molecular formula is C22H23NO6. The summed E-state index contributed by atoms with van der Waals surface area (Å²) in [4.78, 5) is 16.6. The van der Waals surface area contributed by atoms with Crippen molar-refractivity contribution >= 4 is 17.9 Å². The molecular weight excluding hydrogens is 374 g/mol. The predicted molar refractivity (Wildman–Crippen MR) is 109 cm³/mol. The number of cyclic esters (lactones) is 1. The molecule has 29 heavy (non-hydrogen) atoms. The lowest BCUT2D eigenvalue weighted by Crippen LogP contribution is -2.06. The van der Waals surface area contributed by atoms with Crippen LogP contribution in [-0.4, -0.2) is 39.8 Å². The first-order valence-electron chi connectivity index (χ1n) is 9.15. The molecule has 0 aromatic heterocycles. The lowest BCUT2D eigenvalue weighted by molar-refractivity contribution is -0.129. The maximum atomic E-state index is 12.3. The van der Waals surface area contributed by atoms with Gasteiger partial charge in [-0.1, -0.05) is 13.0 Å². The van der Waals surface area contributed by atoms with Gasteiger partial charge in [0.15, 0.2) is 28.7 Å². The Bertz CT molecular complexity index is 964. The molecule has 2 aromatic rings. The number of carbonyl (C=O) groups excluding carboxylic acids is 1. The Morgan fingerprint density at radius 3 is 2.31 bits per heavy atom. The third-order valence-corrected chi connectivity index (χ3v) is 4.20. The van der Waals surface area contributed by atoms with Gasteiger partial charge in [0.25, 0.3) is 0 Å². The second-order valence-electron chi connectivity index (χ2n) is 6.16. The Hall–Kier alpha value is -3.48. The van der Waals surface area contributed by atoms with E-state index in [4.69, 9.17) is 23.7 Å². The smallest absolute Gasteiger partial charge is 0.363 e. The fraction of sp³-hybridized carbons (Fsp3) is 0.273. The minimum atomic E-state index is -0.528. The summed E-state index contributed by atoms with van der Waals surface area (Å²) in [5, 5.41) is 0. The Balaban J connectivity index is 1.89. The van der Waals surface area contributed by atoms with Gasteiger partial charge in [0.05, 0.1) is 27.9 Å². The van der Waals surface area contributed by atoms with Crippen LogP contribution in [0.4, 0.5) is 0 Å². The molecule has 0 amide bonds. The monoisotopic (exact) mass is 397 g/mol. The van der Waals surface area contributed by atoms with Gasteiger partial charge in [0.1, 0.15) is 0 Å². The molecule has 0 bridgehead atoms. The molecule has 152 valence electrons. The van der Waals surface area contributed by atoms with E-state index in [-0.39, 0.29) is 11.6 Å². The quantitative estimate of drug-likeness (QED) is 0.498. The van der Waals surface area contributed by atoms with Gasteiger partial charge in [-0.2, -0.15) is 0 Å². The van der Waals surface area contributed by atoms with Gasteiger partial charge < -0.3 is 23.7 Å². The van der Waals surface area contributed by atoms with Crippen molar-refractivity contribution in [1.29, 1.82) is 0 Å². The molecule has 1 heterocycles. The van der Waals surface area contributed by atoms with E-state index in [2.05, 4.69) is 4.99 Å². The van der Waals surface area contributed by atoms with E-state index in [1.54, 1.807) is 50.6 Å². The molecule has 1 aliphatic rings.